The molecule has 0 radical (unpaired) electrons. The second kappa shape index (κ2) is 48.8. The molecule has 8 aromatic heterocycles. The number of carbonyl (C=O) groups excluding carboxylic acids is 4. The van der Waals surface area contributed by atoms with Gasteiger partial charge < -0.3 is 64.8 Å². The highest BCUT2D eigenvalue weighted by atomic mass is 31.2. The van der Waals surface area contributed by atoms with Gasteiger partial charge in [0.15, 0.2) is 97.0 Å². The number of nitrogens with zero attached hydrogens (tertiary/aromatic N) is 20. The van der Waals surface area contributed by atoms with Crippen LogP contribution in [0.4, 0.5) is 23.3 Å². The number of rotatable bonds is 34. The quantitative estimate of drug-likeness (QED) is 0.00783. The summed E-state index contributed by atoms with van der Waals surface area (Å²) >= 11 is 0. The van der Waals surface area contributed by atoms with Crippen molar-refractivity contribution in [2.45, 2.75) is 197 Å². The number of benzene rings is 4. The van der Waals surface area contributed by atoms with Crippen LogP contribution in [0.15, 0.2) is 172 Å². The van der Waals surface area contributed by atoms with E-state index in [1.165, 1.54) is 50.6 Å². The Balaban J connectivity index is 0.000000215. The summed E-state index contributed by atoms with van der Waals surface area (Å²) in [5, 5.41) is 54.3. The maximum Gasteiger partial charge on any atom is 0.406 e. The largest absolute Gasteiger partial charge is 0.408 e. The number of hydrogen-bond acceptors (Lipinski definition) is 38. The standard InChI is InChI=1S/C47H56N14O11P2Si.C44H53N13O10P2Si.C3H5NO/c1-29-34-32(70-45(29)60-27-54-36-39(50-25-52-41(36)60)56-43(62)30-15-10-8-11-16-30)23-68-74(65,66-21-14-19-48)59-35-33(24-69-73(64,58-34)67-22-20-49-5)71-46(38(35)72-75(6,7)47(2,3)4)61-28-55-37-40(51-26-53-42(37)61)57-44(63)31-17-12-9-13-18-31;1-26-31(46)29(65-42(26)56-24-51-33-36(47-22-49-38(33)56)53-40(58)27-14-9-7-10-15-27)21-64-69(61,63-19-13-18-45)55-32-30(20-62-68-60)66-43(35(32)67-70(5,6)44(2,3)4)57-25-52-34-37(48-23-50-39(34)57)54-41(59)28-16-11-8-12-17-28;4-2-1-3-5/h8-13,15-18,25-29,32-35,38,45-46H,14,20-24H2,1-4,6-7H3,(H,58,64)(H,59,65)(H,50,52,56,62)(H,51,53,57,63);7-12,14-17,22-26,29-32,35,42-43H,13,19-21,46H2,1-6H3,(H,55,61)(H,47,49,53,58)(H,48,50,54,59);5H,1,3H2/t29-,32-,33-,34+,35-,38-,45-,46-,73?,74?;26-,29-,30-,31+,32-,35-,42-,43-,69?;/m11./s1. The molecule has 5 aliphatic rings. The van der Waals surface area contributed by atoms with Crippen molar-refractivity contribution >= 4 is 140 Å². The fourth-order valence-corrected chi connectivity index (χ4v) is 24.1. The molecule has 5 fully saturated rings. The molecule has 12 aromatic rings. The fourth-order valence-electron chi connectivity index (χ4n) is 16.5. The van der Waals surface area contributed by atoms with Gasteiger partial charge in [-0.2, -0.15) is 15.8 Å². The summed E-state index contributed by atoms with van der Waals surface area (Å²) in [5.74, 6) is -1.97. The van der Waals surface area contributed by atoms with Gasteiger partial charge in [-0.15, -0.1) is 0 Å². The van der Waals surface area contributed by atoms with Gasteiger partial charge in [0.05, 0.1) is 133 Å². The number of amides is 4. The number of nitriles is 3. The molecule has 5 aliphatic heterocycles. The third-order valence-corrected chi connectivity index (χ3v) is 40.5. The van der Waals surface area contributed by atoms with Gasteiger partial charge >= 0.3 is 31.9 Å². The molecule has 13 heterocycles. The molecule has 0 aliphatic carbocycles. The molecule has 3 unspecified atom stereocenters. The molecular weight excluding hydrogens is 2050 g/mol. The minimum atomic E-state index is -4.52. The highest BCUT2D eigenvalue weighted by Crippen LogP contribution is 2.56. The number of ether oxygens (including phenoxy) is 4. The molecule has 4 aromatic carbocycles. The Morgan fingerprint density at radius 2 is 0.880 bits per heavy atom. The average Bonchev–Trinajstić information content (AvgIpc) is 1.60. The summed E-state index contributed by atoms with van der Waals surface area (Å²) in [4.78, 5) is 110. The molecule has 17 rings (SSSR count). The Morgan fingerprint density at radius 1 is 0.513 bits per heavy atom. The molecule has 10 N–H and O–H groups in total. The predicted octanol–water partition coefficient (Wildman–Crippen LogP) is 13.5. The third-order valence-electron chi connectivity index (χ3n) is 26.4. The van der Waals surface area contributed by atoms with Gasteiger partial charge in [0, 0.05) is 40.1 Å². The summed E-state index contributed by atoms with van der Waals surface area (Å²) in [7, 11) is -19.6. The molecule has 790 valence electrons. The Hall–Kier alpha value is -12.6. The van der Waals surface area contributed by atoms with Gasteiger partial charge in [0.25, 0.3) is 23.6 Å². The zero-order valence-corrected chi connectivity index (χ0v) is 89.3. The first-order valence-corrected chi connectivity index (χ1v) is 58.9. The van der Waals surface area contributed by atoms with Gasteiger partial charge in [-0.05, 0) is 84.8 Å². The molecule has 0 bridgehead atoms. The van der Waals surface area contributed by atoms with Crippen molar-refractivity contribution in [1.29, 1.82) is 15.8 Å². The molecule has 5 saturated heterocycles. The van der Waals surface area contributed by atoms with E-state index in [2.05, 4.69) is 143 Å². The number of aliphatic hydroxyl groups excluding tert-OH is 1. The number of anilines is 4. The van der Waals surface area contributed by atoms with E-state index in [4.69, 9.17) is 82.1 Å². The number of nitrogens with two attached hydrogens (primary N) is 1. The number of aromatic nitrogens is 16. The molecular formula is C94H114N28O22P4Si2. The summed E-state index contributed by atoms with van der Waals surface area (Å²) < 4.78 is 147. The van der Waals surface area contributed by atoms with Crippen molar-refractivity contribution in [3.63, 3.8) is 0 Å². The Morgan fingerprint density at radius 3 is 1.27 bits per heavy atom. The van der Waals surface area contributed by atoms with E-state index < -0.39 is 171 Å². The van der Waals surface area contributed by atoms with Crippen LogP contribution >= 0.6 is 31.9 Å². The maximum absolute atomic E-state index is 15.4. The Kier molecular flexibility index (Phi) is 36.3. The summed E-state index contributed by atoms with van der Waals surface area (Å²) in [6, 6.07) is 36.5. The lowest BCUT2D eigenvalue weighted by Crippen LogP contribution is -2.53. The fraction of sp³-hybridized carbons (Fsp3) is 0.447. The van der Waals surface area contributed by atoms with E-state index in [9.17, 15) is 34.3 Å². The topological polar surface area (TPSA) is 637 Å². The second-order valence-corrected chi connectivity index (χ2v) is 53.5. The number of nitrogens with one attached hydrogen (secondary N) is 7. The van der Waals surface area contributed by atoms with Gasteiger partial charge in [-0.3, -0.25) is 69.1 Å². The maximum atomic E-state index is 15.4. The number of hydrogen-bond donors (Lipinski definition) is 9. The molecule has 4 amide bonds. The van der Waals surface area contributed by atoms with E-state index in [0.717, 1.165) is 0 Å². The van der Waals surface area contributed by atoms with E-state index in [1.807, 2.05) is 58.2 Å². The summed E-state index contributed by atoms with van der Waals surface area (Å²) in [6.07, 6.45) is 1.14. The smallest absolute Gasteiger partial charge is 0.406 e. The number of imidazole rings is 4. The zero-order valence-electron chi connectivity index (χ0n) is 83.7. The first kappa shape index (κ1) is 112. The SMILES string of the molecule is C[C@@H]1[C@H](N)[C@@H](COP(=O)(N[C@H]2[C@@H](O[Si](C)(C)C(C)(C)C)[C@H](n3cnc4c(NC(=O)c5ccccc5)ncnc43)O[C@@H]2COP=O)OCCC#N)O[C@H]1n1cnc2c(NC(=O)c3ccccc3)ncnc21.N#CCCO.[C-]#[N+]CCOP1(=O)N[C@H]2[C@@H](C)[C@H](n3cnc4c(NC(=O)c5ccccc5)ncnc43)O[C@@H]2COP(=O)(OCCC#N)N[C@H]2[C@@H](O[Si](C)(C)C(C)(C)C)[C@H](n3cnc4c(NC(=O)c5ccccc5)ncnc43)O[C@@H]2CO1. The highest BCUT2D eigenvalue weighted by Gasteiger charge is 2.58. The molecule has 150 heavy (non-hydrogen) atoms. The normalized spacial score (nSPS) is 24.9. The summed E-state index contributed by atoms with van der Waals surface area (Å²) in [5.41, 5.74) is 10.7. The lowest BCUT2D eigenvalue weighted by atomic mass is 10.00. The van der Waals surface area contributed by atoms with E-state index in [0.29, 0.717) is 39.1 Å². The van der Waals surface area contributed by atoms with E-state index in [1.54, 1.807) is 140 Å². The zero-order chi connectivity index (χ0) is 107. The summed E-state index contributed by atoms with van der Waals surface area (Å²) in [6.45, 7) is 29.0. The minimum Gasteiger partial charge on any atom is -0.408 e. The van der Waals surface area contributed by atoms with Gasteiger partial charge in [-0.1, -0.05) is 128 Å². The van der Waals surface area contributed by atoms with Crippen molar-refractivity contribution in [2.24, 2.45) is 17.6 Å². The van der Waals surface area contributed by atoms with Crippen LogP contribution in [0.5, 0.6) is 0 Å². The van der Waals surface area contributed by atoms with E-state index in [-0.39, 0.29) is 138 Å². The first-order chi connectivity index (χ1) is 71.8. The predicted molar refractivity (Wildman–Crippen MR) is 547 cm³/mol. The van der Waals surface area contributed by atoms with Crippen molar-refractivity contribution in [2.75, 3.05) is 80.7 Å². The first-order valence-electron chi connectivity index (χ1n) is 47.7. The van der Waals surface area contributed by atoms with Crippen LogP contribution in [0.25, 0.3) is 49.5 Å². The minimum absolute atomic E-state index is 0.0174. The van der Waals surface area contributed by atoms with Crippen molar-refractivity contribution in [1.82, 2.24) is 93.3 Å². The van der Waals surface area contributed by atoms with Crippen molar-refractivity contribution in [3.05, 3.63) is 206 Å². The van der Waals surface area contributed by atoms with Crippen molar-refractivity contribution < 1.29 is 102 Å². The average molecular weight is 2170 g/mol. The van der Waals surface area contributed by atoms with Gasteiger partial charge in [0.1, 0.15) is 74.9 Å². The number of aliphatic hydroxyl groups is 1. The van der Waals surface area contributed by atoms with Crippen LogP contribution in [0.3, 0.4) is 0 Å². The molecule has 0 spiro atoms. The van der Waals surface area contributed by atoms with Gasteiger partial charge in [-0.25, -0.2) is 99.9 Å². The van der Waals surface area contributed by atoms with Crippen LogP contribution in [0.1, 0.15) is 141 Å². The molecule has 56 heteroatoms. The van der Waals surface area contributed by atoms with Crippen molar-refractivity contribution in [3.8, 4) is 18.2 Å². The Labute approximate surface area is 865 Å². The van der Waals surface area contributed by atoms with Crippen LogP contribution in [-0.2, 0) is 77.7 Å². The van der Waals surface area contributed by atoms with Crippen LogP contribution in [-0.4, -0.2) is 244 Å². The second-order valence-electron chi connectivity index (χ2n) is 38.3. The number of carbonyl (C=O) groups is 4. The van der Waals surface area contributed by atoms with Crippen LogP contribution < -0.4 is 42.3 Å². The Bertz CT molecular complexity index is 7120. The molecule has 50 nitrogen and oxygen atoms in total. The third kappa shape index (κ3) is 25.7. The van der Waals surface area contributed by atoms with Crippen LogP contribution in [0.2, 0.25) is 36.3 Å². The monoisotopic (exact) mass is 2170 g/mol. The highest BCUT2D eigenvalue weighted by molar-refractivity contribution is 7.52. The lowest BCUT2D eigenvalue weighted by Gasteiger charge is -2.41. The van der Waals surface area contributed by atoms with Crippen LogP contribution in [0, 0.1) is 52.4 Å². The lowest BCUT2D eigenvalue weighted by molar-refractivity contribution is -0.0457. The van der Waals surface area contributed by atoms with Gasteiger partial charge in [0.2, 0.25) is 6.54 Å². The molecule has 19 atom stereocenters. The van der Waals surface area contributed by atoms with E-state index >= 15 is 13.7 Å². The molecule has 0 saturated carbocycles. The number of fused-ring (bicyclic) bond motifs is 6.